The molecule has 0 bridgehead atoms. The molecule has 2 aromatic carbocycles. The van der Waals surface area contributed by atoms with Gasteiger partial charge in [0.25, 0.3) is 5.60 Å². The summed E-state index contributed by atoms with van der Waals surface area (Å²) in [5.41, 5.74) is -5.54. The predicted molar refractivity (Wildman–Crippen MR) is 124 cm³/mol. The molecule has 12 heteroatoms. The Balaban J connectivity index is 1.40. The first-order valence-corrected chi connectivity index (χ1v) is 12.1. The Kier molecular flexibility index (Phi) is 6.15. The van der Waals surface area contributed by atoms with Gasteiger partial charge in [0.15, 0.2) is 11.5 Å². The highest BCUT2D eigenvalue weighted by atomic mass is 35.5. The first-order chi connectivity index (χ1) is 17.4. The van der Waals surface area contributed by atoms with Crippen molar-refractivity contribution in [1.29, 1.82) is 5.26 Å². The molecule has 1 atom stereocenters. The zero-order chi connectivity index (χ0) is 26.8. The highest BCUT2D eigenvalue weighted by molar-refractivity contribution is 6.35. The minimum atomic E-state index is -4.99. The maximum atomic E-state index is 15.6. The van der Waals surface area contributed by atoms with Gasteiger partial charge in [-0.25, -0.2) is 8.78 Å². The topological polar surface area (TPSA) is 65.7 Å². The zero-order valence-electron chi connectivity index (χ0n) is 19.0. The number of nitrogens with zero attached hydrogens (tertiary/aromatic N) is 3. The zero-order valence-corrected chi connectivity index (χ0v) is 20.5. The molecule has 1 saturated carbocycles. The average Bonchev–Trinajstić information content (AvgIpc) is 3.51. The Morgan fingerprint density at radius 3 is 2.41 bits per heavy atom. The summed E-state index contributed by atoms with van der Waals surface area (Å²) >= 11 is 11.4. The molecule has 0 radical (unpaired) electrons. The molecule has 2 aromatic rings. The third-order valence-corrected chi connectivity index (χ3v) is 7.54. The van der Waals surface area contributed by atoms with Crippen molar-refractivity contribution in [3.63, 3.8) is 0 Å². The summed E-state index contributed by atoms with van der Waals surface area (Å²) in [6.07, 6.45) is -3.45. The van der Waals surface area contributed by atoms with Gasteiger partial charge in [-0.05, 0) is 37.0 Å². The fourth-order valence-electron chi connectivity index (χ4n) is 4.66. The molecule has 1 saturated heterocycles. The van der Waals surface area contributed by atoms with E-state index in [1.807, 2.05) is 6.07 Å². The van der Waals surface area contributed by atoms with Crippen molar-refractivity contribution >= 4 is 34.8 Å². The largest absolute Gasteiger partial charge is 0.435 e. The third-order valence-electron chi connectivity index (χ3n) is 6.99. The van der Waals surface area contributed by atoms with E-state index in [1.165, 1.54) is 23.1 Å². The Morgan fingerprint density at radius 1 is 1.19 bits per heavy atom. The quantitative estimate of drug-likeness (QED) is 0.316. The lowest BCUT2D eigenvalue weighted by Gasteiger charge is -2.45. The van der Waals surface area contributed by atoms with E-state index >= 15 is 4.39 Å². The molecule has 0 spiro atoms. The maximum Gasteiger partial charge on any atom is 0.435 e. The average molecular weight is 558 g/mol. The number of hydrogen-bond acceptors (Lipinski definition) is 4. The maximum absolute atomic E-state index is 15.6. The van der Waals surface area contributed by atoms with Crippen molar-refractivity contribution in [2.45, 2.75) is 43.1 Å². The summed E-state index contributed by atoms with van der Waals surface area (Å²) in [6.45, 7) is -0.389. The number of alkyl halides is 4. The van der Waals surface area contributed by atoms with Crippen LogP contribution in [0, 0.1) is 23.1 Å². The Bertz CT molecular complexity index is 1340. The van der Waals surface area contributed by atoms with Crippen molar-refractivity contribution in [3.8, 4) is 6.07 Å². The van der Waals surface area contributed by atoms with Crippen molar-refractivity contribution in [2.75, 3.05) is 13.1 Å². The second-order valence-corrected chi connectivity index (χ2v) is 10.4. The highest BCUT2D eigenvalue weighted by Gasteiger charge is 2.62. The van der Waals surface area contributed by atoms with Gasteiger partial charge in [-0.15, -0.1) is 0 Å². The molecule has 37 heavy (non-hydrogen) atoms. The molecule has 5 nitrogen and oxygen atoms in total. The number of hydrogen-bond donors (Lipinski definition) is 0. The molecular formula is C25H18Cl2F5N3O2. The molecule has 0 N–H and O–H groups in total. The fourth-order valence-corrected chi connectivity index (χ4v) is 5.14. The molecule has 2 fully saturated rings. The predicted octanol–water partition coefficient (Wildman–Crippen LogP) is 6.39. The van der Waals surface area contributed by atoms with Crippen LogP contribution in [0.15, 0.2) is 35.5 Å². The number of benzene rings is 2. The first-order valence-electron chi connectivity index (χ1n) is 11.4. The smallest absolute Gasteiger partial charge is 0.374 e. The van der Waals surface area contributed by atoms with Crippen LogP contribution in [0.1, 0.15) is 47.9 Å². The van der Waals surface area contributed by atoms with Crippen LogP contribution in [0.5, 0.6) is 0 Å². The van der Waals surface area contributed by atoms with Crippen LogP contribution >= 0.6 is 23.2 Å². The lowest BCUT2D eigenvalue weighted by atomic mass is 9.82. The second-order valence-electron chi connectivity index (χ2n) is 9.62. The van der Waals surface area contributed by atoms with Crippen molar-refractivity contribution in [3.05, 3.63) is 68.4 Å². The van der Waals surface area contributed by atoms with E-state index in [-0.39, 0.29) is 41.4 Å². The third kappa shape index (κ3) is 4.42. The molecule has 1 amide bonds. The summed E-state index contributed by atoms with van der Waals surface area (Å²) in [5.74, 6) is -0.842. The van der Waals surface area contributed by atoms with Crippen LogP contribution in [0.4, 0.5) is 22.0 Å². The number of carbonyl (C=O) groups is 1. The molecule has 2 heterocycles. The highest BCUT2D eigenvalue weighted by Crippen LogP contribution is 2.50. The second kappa shape index (κ2) is 8.84. The van der Waals surface area contributed by atoms with Crippen molar-refractivity contribution in [1.82, 2.24) is 4.90 Å². The first kappa shape index (κ1) is 25.7. The van der Waals surface area contributed by atoms with Crippen LogP contribution in [-0.4, -0.2) is 35.8 Å². The van der Waals surface area contributed by atoms with E-state index in [0.29, 0.717) is 12.3 Å². The van der Waals surface area contributed by atoms with Gasteiger partial charge >= 0.3 is 6.18 Å². The van der Waals surface area contributed by atoms with Gasteiger partial charge in [0.1, 0.15) is 0 Å². The number of rotatable bonds is 5. The lowest BCUT2D eigenvalue weighted by molar-refractivity contribution is -0.275. The van der Waals surface area contributed by atoms with Gasteiger partial charge in [-0.2, -0.15) is 18.4 Å². The fraction of sp³-hybridized carbons (Fsp3) is 0.400. The minimum absolute atomic E-state index is 0.0490. The van der Waals surface area contributed by atoms with Gasteiger partial charge in [0.2, 0.25) is 5.91 Å². The minimum Gasteiger partial charge on any atom is -0.374 e. The van der Waals surface area contributed by atoms with Crippen LogP contribution in [0.3, 0.4) is 0 Å². The summed E-state index contributed by atoms with van der Waals surface area (Å²) < 4.78 is 72.1. The van der Waals surface area contributed by atoms with Gasteiger partial charge in [0, 0.05) is 29.5 Å². The molecule has 194 valence electrons. The Hall–Kier alpha value is -2.90. The van der Waals surface area contributed by atoms with Crippen LogP contribution in [0.25, 0.3) is 0 Å². The van der Waals surface area contributed by atoms with Gasteiger partial charge in [-0.3, -0.25) is 4.79 Å². The molecule has 2 aliphatic heterocycles. The van der Waals surface area contributed by atoms with Crippen LogP contribution in [-0.2, 0) is 20.9 Å². The normalized spacial score (nSPS) is 22.6. The lowest BCUT2D eigenvalue weighted by Crippen LogP contribution is -2.59. The molecule has 1 aliphatic carbocycles. The molecule has 3 aliphatic rings. The summed E-state index contributed by atoms with van der Waals surface area (Å²) in [4.78, 5) is 18.5. The van der Waals surface area contributed by atoms with Gasteiger partial charge < -0.3 is 9.74 Å². The monoisotopic (exact) mass is 557 g/mol. The summed E-state index contributed by atoms with van der Waals surface area (Å²) in [7, 11) is 0. The summed E-state index contributed by atoms with van der Waals surface area (Å²) in [6, 6.07) is 7.35. The van der Waals surface area contributed by atoms with E-state index in [1.54, 1.807) is 0 Å². The Labute approximate surface area is 218 Å². The standard InChI is InChI=1S/C25H18Cl2F5N3O2/c26-18-7-16(8-19(27)22(18)28)24(25(30,31)32)9-20(34-37-24)14-3-4-17(15(6-14)10-33)23(29)11-35(12-23)21(36)5-13-1-2-13/h3-4,6-8,13H,1-2,5,9,11-12H2. The Morgan fingerprint density at radius 2 is 1.84 bits per heavy atom. The van der Waals surface area contributed by atoms with E-state index in [0.717, 1.165) is 25.0 Å². The van der Waals surface area contributed by atoms with Crippen LogP contribution < -0.4 is 0 Å². The molecule has 0 aromatic heterocycles. The van der Waals surface area contributed by atoms with Crippen molar-refractivity contribution < 1.29 is 31.6 Å². The van der Waals surface area contributed by atoms with Gasteiger partial charge in [0.05, 0.1) is 40.5 Å². The van der Waals surface area contributed by atoms with E-state index in [4.69, 9.17) is 28.0 Å². The number of halogens is 7. The molecule has 1 unspecified atom stereocenters. The number of likely N-dealkylation sites (tertiary alicyclic amines) is 1. The SMILES string of the molecule is N#Cc1cc(C2=NOC(c3cc(Cl)c(F)c(Cl)c3)(C(F)(F)F)C2)ccc1C1(F)CN(C(=O)CC2CC2)C1. The number of amides is 1. The van der Waals surface area contributed by atoms with Gasteiger partial charge in [-0.1, -0.05) is 40.5 Å². The number of carbonyl (C=O) groups excluding carboxylic acids is 1. The van der Waals surface area contributed by atoms with E-state index in [9.17, 15) is 27.6 Å². The van der Waals surface area contributed by atoms with E-state index < -0.39 is 45.3 Å². The summed E-state index contributed by atoms with van der Waals surface area (Å²) in [5, 5.41) is 12.0. The van der Waals surface area contributed by atoms with Crippen molar-refractivity contribution in [2.24, 2.45) is 11.1 Å². The molecular weight excluding hydrogens is 540 g/mol. The van der Waals surface area contributed by atoms with Crippen LogP contribution in [0.2, 0.25) is 10.0 Å². The van der Waals surface area contributed by atoms with E-state index in [2.05, 4.69) is 5.16 Å². The number of nitriles is 1. The molecule has 5 rings (SSSR count). The number of oxime groups is 1.